The van der Waals surface area contributed by atoms with E-state index in [-0.39, 0.29) is 11.9 Å². The van der Waals surface area contributed by atoms with Gasteiger partial charge in [0.1, 0.15) is 0 Å². The van der Waals surface area contributed by atoms with Crippen LogP contribution in [-0.4, -0.2) is 25.7 Å². The van der Waals surface area contributed by atoms with Crippen LogP contribution in [0.25, 0.3) is 0 Å². The molecule has 1 unspecified atom stereocenters. The van der Waals surface area contributed by atoms with Gasteiger partial charge >= 0.3 is 5.97 Å². The van der Waals surface area contributed by atoms with Crippen LogP contribution in [0.15, 0.2) is 0 Å². The number of ether oxygens (including phenoxy) is 1. The molecule has 0 bridgehead atoms. The molecule has 0 saturated carbocycles. The Hall–Kier alpha value is -0.570. The topological polar surface area (TPSA) is 38.3 Å². The molecule has 3 heteroatoms. The maximum Gasteiger partial charge on any atom is 0.310 e. The number of hydrogen-bond acceptors (Lipinski definition) is 3. The predicted molar refractivity (Wildman–Crippen MR) is 46.8 cm³/mol. The zero-order valence-electron chi connectivity index (χ0n) is 7.80. The summed E-state index contributed by atoms with van der Waals surface area (Å²) in [4.78, 5) is 11.3. The summed E-state index contributed by atoms with van der Waals surface area (Å²) >= 11 is 0. The van der Waals surface area contributed by atoms with Crippen molar-refractivity contribution in [3.8, 4) is 0 Å². The van der Waals surface area contributed by atoms with Crippen LogP contribution >= 0.6 is 0 Å². The number of esters is 1. The van der Waals surface area contributed by atoms with E-state index in [1.54, 1.807) is 0 Å². The van der Waals surface area contributed by atoms with Crippen molar-refractivity contribution in [3.63, 3.8) is 0 Å². The molecule has 1 fully saturated rings. The van der Waals surface area contributed by atoms with Crippen LogP contribution in [0.3, 0.4) is 0 Å². The smallest absolute Gasteiger partial charge is 0.310 e. The molecule has 1 aliphatic rings. The lowest BCUT2D eigenvalue weighted by atomic mass is 10.1. The van der Waals surface area contributed by atoms with Crippen LogP contribution < -0.4 is 5.32 Å². The molecule has 1 atom stereocenters. The maximum absolute atomic E-state index is 11.3. The molecule has 70 valence electrons. The van der Waals surface area contributed by atoms with Gasteiger partial charge < -0.3 is 10.1 Å². The fourth-order valence-electron chi connectivity index (χ4n) is 1.22. The molecule has 0 aliphatic carbocycles. The molecular formula is C9H17NO2. The van der Waals surface area contributed by atoms with E-state index in [1.807, 2.05) is 13.8 Å². The molecule has 0 spiro atoms. The van der Waals surface area contributed by atoms with E-state index in [0.29, 0.717) is 12.5 Å². The lowest BCUT2D eigenvalue weighted by Gasteiger charge is -2.10. The first kappa shape index (κ1) is 9.52. The highest BCUT2D eigenvalue weighted by atomic mass is 16.5. The minimum atomic E-state index is -0.0336. The van der Waals surface area contributed by atoms with Crippen molar-refractivity contribution < 1.29 is 9.53 Å². The van der Waals surface area contributed by atoms with Crippen molar-refractivity contribution in [1.82, 2.24) is 5.32 Å². The van der Waals surface area contributed by atoms with Crippen LogP contribution in [0.4, 0.5) is 0 Å². The number of carbonyl (C=O) groups is 1. The summed E-state index contributed by atoms with van der Waals surface area (Å²) in [5, 5.41) is 3.14. The summed E-state index contributed by atoms with van der Waals surface area (Å²) < 4.78 is 5.11. The van der Waals surface area contributed by atoms with Gasteiger partial charge in [-0.3, -0.25) is 4.79 Å². The number of carbonyl (C=O) groups excluding carboxylic acids is 1. The van der Waals surface area contributed by atoms with Crippen molar-refractivity contribution in [1.29, 1.82) is 0 Å². The molecule has 1 heterocycles. The van der Waals surface area contributed by atoms with Gasteiger partial charge in [-0.25, -0.2) is 0 Å². The second-order valence-electron chi connectivity index (χ2n) is 3.71. The average Bonchev–Trinajstić information content (AvgIpc) is 2.51. The highest BCUT2D eigenvalue weighted by Gasteiger charge is 2.23. The van der Waals surface area contributed by atoms with Gasteiger partial charge in [0.15, 0.2) is 0 Å². The Morgan fingerprint density at radius 2 is 2.42 bits per heavy atom. The van der Waals surface area contributed by atoms with Crippen molar-refractivity contribution in [2.45, 2.75) is 20.3 Å². The summed E-state index contributed by atoms with van der Waals surface area (Å²) in [5.41, 5.74) is 0. The summed E-state index contributed by atoms with van der Waals surface area (Å²) in [6, 6.07) is 0. The van der Waals surface area contributed by atoms with E-state index in [2.05, 4.69) is 5.32 Å². The largest absolute Gasteiger partial charge is 0.465 e. The summed E-state index contributed by atoms with van der Waals surface area (Å²) in [6.07, 6.45) is 0.928. The van der Waals surface area contributed by atoms with Gasteiger partial charge in [0.05, 0.1) is 12.5 Å². The van der Waals surface area contributed by atoms with Crippen molar-refractivity contribution in [2.75, 3.05) is 19.7 Å². The summed E-state index contributed by atoms with van der Waals surface area (Å²) in [6.45, 7) is 6.37. The highest BCUT2D eigenvalue weighted by molar-refractivity contribution is 5.73. The molecule has 0 aromatic rings. The first-order chi connectivity index (χ1) is 5.70. The lowest BCUT2D eigenvalue weighted by Crippen LogP contribution is -2.21. The molecule has 0 amide bonds. The van der Waals surface area contributed by atoms with E-state index >= 15 is 0 Å². The van der Waals surface area contributed by atoms with Gasteiger partial charge in [0.2, 0.25) is 0 Å². The molecule has 0 aromatic carbocycles. The minimum absolute atomic E-state index is 0.0336. The Bertz CT molecular complexity index is 151. The van der Waals surface area contributed by atoms with Gasteiger partial charge in [0, 0.05) is 6.54 Å². The highest BCUT2D eigenvalue weighted by Crippen LogP contribution is 2.09. The van der Waals surface area contributed by atoms with Gasteiger partial charge in [-0.1, -0.05) is 13.8 Å². The van der Waals surface area contributed by atoms with E-state index in [4.69, 9.17) is 4.74 Å². The summed E-state index contributed by atoms with van der Waals surface area (Å²) in [7, 11) is 0. The standard InChI is InChI=1S/C9H17NO2/c1-7(2)6-12-9(11)8-3-4-10-5-8/h7-8,10H,3-6H2,1-2H3. The monoisotopic (exact) mass is 171 g/mol. The Kier molecular flexibility index (Phi) is 3.53. The lowest BCUT2D eigenvalue weighted by molar-refractivity contribution is -0.148. The average molecular weight is 171 g/mol. The molecule has 1 N–H and O–H groups in total. The van der Waals surface area contributed by atoms with E-state index in [9.17, 15) is 4.79 Å². The van der Waals surface area contributed by atoms with Crippen molar-refractivity contribution in [3.05, 3.63) is 0 Å². The Balaban J connectivity index is 2.18. The number of hydrogen-bond donors (Lipinski definition) is 1. The quantitative estimate of drug-likeness (QED) is 0.638. The van der Waals surface area contributed by atoms with Crippen LogP contribution in [0.5, 0.6) is 0 Å². The van der Waals surface area contributed by atoms with Gasteiger partial charge in [-0.05, 0) is 18.9 Å². The van der Waals surface area contributed by atoms with Crippen LogP contribution in [0.2, 0.25) is 0 Å². The molecule has 0 radical (unpaired) electrons. The third-order valence-corrected chi connectivity index (χ3v) is 1.95. The van der Waals surface area contributed by atoms with Crippen molar-refractivity contribution in [2.24, 2.45) is 11.8 Å². The van der Waals surface area contributed by atoms with Crippen LogP contribution in [0, 0.1) is 11.8 Å². The number of nitrogens with one attached hydrogen (secondary N) is 1. The first-order valence-electron chi connectivity index (χ1n) is 4.57. The Labute approximate surface area is 73.5 Å². The predicted octanol–water partition coefficient (Wildman–Crippen LogP) is 0.795. The first-order valence-corrected chi connectivity index (χ1v) is 4.57. The van der Waals surface area contributed by atoms with E-state index in [1.165, 1.54) is 0 Å². The normalized spacial score (nSPS) is 23.1. The third kappa shape index (κ3) is 2.81. The van der Waals surface area contributed by atoms with Gasteiger partial charge in [0.25, 0.3) is 0 Å². The molecule has 12 heavy (non-hydrogen) atoms. The van der Waals surface area contributed by atoms with Crippen LogP contribution in [-0.2, 0) is 9.53 Å². The molecule has 1 rings (SSSR count). The second-order valence-corrected chi connectivity index (χ2v) is 3.71. The zero-order valence-corrected chi connectivity index (χ0v) is 7.80. The fraction of sp³-hybridized carbons (Fsp3) is 0.889. The molecule has 1 saturated heterocycles. The fourth-order valence-corrected chi connectivity index (χ4v) is 1.22. The Morgan fingerprint density at radius 3 is 2.92 bits per heavy atom. The van der Waals surface area contributed by atoms with E-state index < -0.39 is 0 Å². The Morgan fingerprint density at radius 1 is 1.67 bits per heavy atom. The molecular weight excluding hydrogens is 154 g/mol. The molecule has 0 aromatic heterocycles. The van der Waals surface area contributed by atoms with E-state index in [0.717, 1.165) is 19.5 Å². The van der Waals surface area contributed by atoms with Crippen molar-refractivity contribution >= 4 is 5.97 Å². The minimum Gasteiger partial charge on any atom is -0.465 e. The van der Waals surface area contributed by atoms with Crippen LogP contribution in [0.1, 0.15) is 20.3 Å². The van der Waals surface area contributed by atoms with Gasteiger partial charge in [-0.15, -0.1) is 0 Å². The second kappa shape index (κ2) is 4.45. The molecule has 1 aliphatic heterocycles. The zero-order chi connectivity index (χ0) is 8.97. The number of rotatable bonds is 3. The maximum atomic E-state index is 11.3. The van der Waals surface area contributed by atoms with Gasteiger partial charge in [-0.2, -0.15) is 0 Å². The third-order valence-electron chi connectivity index (χ3n) is 1.95. The molecule has 3 nitrogen and oxygen atoms in total. The SMILES string of the molecule is CC(C)COC(=O)C1CCNC1. The summed E-state index contributed by atoms with van der Waals surface area (Å²) in [5.74, 6) is 0.501.